The molecule has 29 heavy (non-hydrogen) atoms. The first-order chi connectivity index (χ1) is 13.9. The van der Waals surface area contributed by atoms with Crippen molar-refractivity contribution in [2.24, 2.45) is 10.8 Å². The summed E-state index contributed by atoms with van der Waals surface area (Å²) in [5.74, 6) is -1.78. The zero-order valence-electron chi connectivity index (χ0n) is 15.5. The number of nitrogens with two attached hydrogens (primary N) is 1. The third-order valence-electron chi connectivity index (χ3n) is 3.35. The Hall–Kier alpha value is -3.59. The second kappa shape index (κ2) is 10.7. The standard InChI is InChI=1S/C19H19ClN4O5/c1-2-28-16-9-12(7-8-15(16)29-11-17(21)25)10-22-24-19(27)18(26)23-14-6-4-3-5-13(14)20/h3-10H,2,11H2,1H3,(H2,21,25)(H,23,26)(H,24,27)/b22-10+. The Morgan fingerprint density at radius 3 is 2.55 bits per heavy atom. The van der Waals surface area contributed by atoms with E-state index in [4.69, 9.17) is 26.8 Å². The van der Waals surface area contributed by atoms with Gasteiger partial charge in [0.05, 0.1) is 23.5 Å². The van der Waals surface area contributed by atoms with E-state index in [1.807, 2.05) is 0 Å². The normalized spacial score (nSPS) is 10.4. The molecule has 0 radical (unpaired) electrons. The topological polar surface area (TPSA) is 132 Å². The molecule has 2 rings (SSSR count). The summed E-state index contributed by atoms with van der Waals surface area (Å²) in [6.45, 7) is 1.87. The van der Waals surface area contributed by atoms with Gasteiger partial charge in [0.25, 0.3) is 5.91 Å². The first-order valence-corrected chi connectivity index (χ1v) is 8.85. The van der Waals surface area contributed by atoms with Gasteiger partial charge in [-0.1, -0.05) is 23.7 Å². The molecule has 0 heterocycles. The Labute approximate surface area is 171 Å². The Balaban J connectivity index is 1.98. The van der Waals surface area contributed by atoms with Crippen molar-refractivity contribution in [3.05, 3.63) is 53.1 Å². The molecule has 0 aliphatic rings. The maximum absolute atomic E-state index is 11.9. The molecule has 0 atom stereocenters. The summed E-state index contributed by atoms with van der Waals surface area (Å²) in [7, 11) is 0. The van der Waals surface area contributed by atoms with Crippen LogP contribution < -0.4 is 25.9 Å². The number of rotatable bonds is 8. The number of primary amides is 1. The Bertz CT molecular complexity index is 933. The van der Waals surface area contributed by atoms with Crippen LogP contribution in [0.5, 0.6) is 11.5 Å². The SMILES string of the molecule is CCOc1cc(/C=N/NC(=O)C(=O)Nc2ccccc2Cl)ccc1OCC(N)=O. The number of hydrogen-bond donors (Lipinski definition) is 3. The predicted molar refractivity (Wildman–Crippen MR) is 108 cm³/mol. The number of halogens is 1. The highest BCUT2D eigenvalue weighted by Gasteiger charge is 2.14. The monoisotopic (exact) mass is 418 g/mol. The van der Waals surface area contributed by atoms with Crippen molar-refractivity contribution < 1.29 is 23.9 Å². The molecule has 0 spiro atoms. The van der Waals surface area contributed by atoms with Crippen LogP contribution in [0.2, 0.25) is 5.02 Å². The van der Waals surface area contributed by atoms with Gasteiger partial charge in [0.1, 0.15) is 0 Å². The van der Waals surface area contributed by atoms with Crippen molar-refractivity contribution in [3.8, 4) is 11.5 Å². The fraction of sp³-hybridized carbons (Fsp3) is 0.158. The number of anilines is 1. The van der Waals surface area contributed by atoms with Crippen LogP contribution in [0.15, 0.2) is 47.6 Å². The van der Waals surface area contributed by atoms with E-state index < -0.39 is 17.7 Å². The Morgan fingerprint density at radius 2 is 1.86 bits per heavy atom. The van der Waals surface area contributed by atoms with E-state index in [0.29, 0.717) is 34.4 Å². The Kier molecular flexibility index (Phi) is 7.99. The highest BCUT2D eigenvalue weighted by molar-refractivity contribution is 6.41. The van der Waals surface area contributed by atoms with Gasteiger partial charge in [0.2, 0.25) is 0 Å². The molecule has 0 unspecified atom stereocenters. The maximum atomic E-state index is 11.9. The quantitative estimate of drug-likeness (QED) is 0.341. The molecule has 3 amide bonds. The fourth-order valence-electron chi connectivity index (χ4n) is 2.10. The smallest absolute Gasteiger partial charge is 0.329 e. The lowest BCUT2D eigenvalue weighted by atomic mass is 10.2. The molecular formula is C19H19ClN4O5. The molecule has 0 fully saturated rings. The number of ether oxygens (including phenoxy) is 2. The molecule has 2 aromatic rings. The molecule has 0 aromatic heterocycles. The van der Waals surface area contributed by atoms with Crippen LogP contribution >= 0.6 is 11.6 Å². The van der Waals surface area contributed by atoms with Gasteiger partial charge in [-0.25, -0.2) is 5.43 Å². The van der Waals surface area contributed by atoms with Gasteiger partial charge in [-0.2, -0.15) is 5.10 Å². The molecule has 0 saturated carbocycles. The summed E-state index contributed by atoms with van der Waals surface area (Å²) in [4.78, 5) is 34.6. The number of carbonyl (C=O) groups excluding carboxylic acids is 3. The average Bonchev–Trinajstić information content (AvgIpc) is 2.69. The molecular weight excluding hydrogens is 400 g/mol. The van der Waals surface area contributed by atoms with Gasteiger partial charge in [-0.15, -0.1) is 0 Å². The number of para-hydroxylation sites is 1. The minimum absolute atomic E-state index is 0.288. The first-order valence-electron chi connectivity index (χ1n) is 8.47. The summed E-state index contributed by atoms with van der Waals surface area (Å²) in [6.07, 6.45) is 1.32. The lowest BCUT2D eigenvalue weighted by Crippen LogP contribution is -2.32. The molecule has 152 valence electrons. The fourth-order valence-corrected chi connectivity index (χ4v) is 2.28. The van der Waals surface area contributed by atoms with Crippen molar-refractivity contribution in [2.45, 2.75) is 6.92 Å². The summed E-state index contributed by atoms with van der Waals surface area (Å²) in [5.41, 5.74) is 8.06. The average molecular weight is 419 g/mol. The molecule has 2 aromatic carbocycles. The highest BCUT2D eigenvalue weighted by Crippen LogP contribution is 2.28. The van der Waals surface area contributed by atoms with E-state index in [2.05, 4.69) is 15.8 Å². The van der Waals surface area contributed by atoms with E-state index in [9.17, 15) is 14.4 Å². The van der Waals surface area contributed by atoms with E-state index in [0.717, 1.165) is 0 Å². The molecule has 0 saturated heterocycles. The highest BCUT2D eigenvalue weighted by atomic mass is 35.5. The zero-order valence-corrected chi connectivity index (χ0v) is 16.2. The number of benzene rings is 2. The lowest BCUT2D eigenvalue weighted by Gasteiger charge is -2.11. The number of hydrogen-bond acceptors (Lipinski definition) is 6. The number of hydrazone groups is 1. The predicted octanol–water partition coefficient (Wildman–Crippen LogP) is 1.69. The van der Waals surface area contributed by atoms with Crippen molar-refractivity contribution in [1.82, 2.24) is 5.43 Å². The second-order valence-corrected chi connectivity index (χ2v) is 5.93. The van der Waals surface area contributed by atoms with Gasteiger partial charge in [-0.3, -0.25) is 14.4 Å². The lowest BCUT2D eigenvalue weighted by molar-refractivity contribution is -0.136. The summed E-state index contributed by atoms with van der Waals surface area (Å²) in [6, 6.07) is 11.3. The Morgan fingerprint density at radius 1 is 1.10 bits per heavy atom. The molecule has 4 N–H and O–H groups in total. The van der Waals surface area contributed by atoms with Gasteiger partial charge in [-0.05, 0) is 42.8 Å². The molecule has 9 nitrogen and oxygen atoms in total. The van der Waals surface area contributed by atoms with Crippen LogP contribution in [-0.2, 0) is 14.4 Å². The second-order valence-electron chi connectivity index (χ2n) is 5.53. The molecule has 10 heteroatoms. The van der Waals surface area contributed by atoms with E-state index in [-0.39, 0.29) is 6.61 Å². The van der Waals surface area contributed by atoms with Gasteiger partial charge in [0.15, 0.2) is 18.1 Å². The van der Waals surface area contributed by atoms with E-state index in [1.165, 1.54) is 6.21 Å². The largest absolute Gasteiger partial charge is 0.490 e. The van der Waals surface area contributed by atoms with Crippen molar-refractivity contribution in [2.75, 3.05) is 18.5 Å². The van der Waals surface area contributed by atoms with Gasteiger partial charge < -0.3 is 20.5 Å². The van der Waals surface area contributed by atoms with Crippen molar-refractivity contribution in [3.63, 3.8) is 0 Å². The van der Waals surface area contributed by atoms with Crippen molar-refractivity contribution >= 4 is 41.2 Å². The minimum Gasteiger partial charge on any atom is -0.490 e. The third-order valence-corrected chi connectivity index (χ3v) is 3.68. The van der Waals surface area contributed by atoms with Crippen LogP contribution in [-0.4, -0.2) is 37.1 Å². The summed E-state index contributed by atoms with van der Waals surface area (Å²) < 4.78 is 10.7. The maximum Gasteiger partial charge on any atom is 0.329 e. The zero-order chi connectivity index (χ0) is 21.2. The molecule has 0 aliphatic heterocycles. The molecule has 0 bridgehead atoms. The van der Waals surface area contributed by atoms with E-state index >= 15 is 0 Å². The van der Waals surface area contributed by atoms with Crippen LogP contribution in [0.1, 0.15) is 12.5 Å². The van der Waals surface area contributed by atoms with Gasteiger partial charge >= 0.3 is 11.8 Å². The number of carbonyl (C=O) groups is 3. The van der Waals surface area contributed by atoms with Crippen LogP contribution in [0.25, 0.3) is 0 Å². The van der Waals surface area contributed by atoms with Crippen LogP contribution in [0.3, 0.4) is 0 Å². The van der Waals surface area contributed by atoms with Crippen molar-refractivity contribution in [1.29, 1.82) is 0 Å². The summed E-state index contributed by atoms with van der Waals surface area (Å²) in [5, 5.41) is 6.43. The third kappa shape index (κ3) is 6.82. The van der Waals surface area contributed by atoms with Crippen LogP contribution in [0.4, 0.5) is 5.69 Å². The van der Waals surface area contributed by atoms with Crippen LogP contribution in [0, 0.1) is 0 Å². The van der Waals surface area contributed by atoms with E-state index in [1.54, 1.807) is 49.4 Å². The summed E-state index contributed by atoms with van der Waals surface area (Å²) >= 11 is 5.93. The first kappa shape index (κ1) is 21.7. The number of nitrogens with one attached hydrogen (secondary N) is 2. The minimum atomic E-state index is -0.965. The number of amides is 3. The number of nitrogens with zero attached hydrogens (tertiary/aromatic N) is 1. The van der Waals surface area contributed by atoms with Gasteiger partial charge in [0, 0.05) is 0 Å². The molecule has 0 aliphatic carbocycles.